The van der Waals surface area contributed by atoms with Gasteiger partial charge in [0.25, 0.3) is 0 Å². The number of anilines is 1. The average molecular weight is 670 g/mol. The molecule has 11 N–H and O–H groups in total. The number of fused-ring (bicyclic) bond motifs is 1. The van der Waals surface area contributed by atoms with Gasteiger partial charge in [-0.1, -0.05) is 32.0 Å². The molecule has 2 amide bonds. The molecule has 7 atom stereocenters. The first-order valence-electron chi connectivity index (χ1n) is 15.7. The van der Waals surface area contributed by atoms with Crippen molar-refractivity contribution in [2.24, 2.45) is 5.92 Å². The highest BCUT2D eigenvalue weighted by Crippen LogP contribution is 2.27. The van der Waals surface area contributed by atoms with Crippen molar-refractivity contribution >= 4 is 34.2 Å². The van der Waals surface area contributed by atoms with E-state index in [1.54, 1.807) is 56.3 Å². The van der Waals surface area contributed by atoms with Gasteiger partial charge in [0.2, 0.25) is 11.8 Å². The van der Waals surface area contributed by atoms with Gasteiger partial charge < -0.3 is 46.6 Å². The molecule has 3 aromatic carbocycles. The molecule has 0 heterocycles. The molecule has 3 rings (SSSR count). The number of aliphatic hydroxyl groups is 3. The van der Waals surface area contributed by atoms with Gasteiger partial charge in [-0.2, -0.15) is 0 Å². The van der Waals surface area contributed by atoms with Crippen LogP contribution in [-0.2, 0) is 20.8 Å². The Morgan fingerprint density at radius 1 is 0.771 bits per heavy atom. The number of hydrogen-bond acceptors (Lipinski definition) is 11. The highest BCUT2D eigenvalue weighted by Gasteiger charge is 2.32. The van der Waals surface area contributed by atoms with Crippen LogP contribution in [0.3, 0.4) is 0 Å². The van der Waals surface area contributed by atoms with Crippen molar-refractivity contribution in [3.8, 4) is 11.5 Å². The fourth-order valence-corrected chi connectivity index (χ4v) is 5.37. The van der Waals surface area contributed by atoms with E-state index in [0.29, 0.717) is 11.1 Å². The Hall–Kier alpha value is -4.47. The van der Waals surface area contributed by atoms with Gasteiger partial charge >= 0.3 is 5.97 Å². The molecule has 0 fully saturated rings. The van der Waals surface area contributed by atoms with Crippen LogP contribution in [0.25, 0.3) is 10.8 Å². The van der Waals surface area contributed by atoms with Crippen LogP contribution in [0.15, 0.2) is 54.6 Å². The largest absolute Gasteiger partial charge is 0.508 e. The van der Waals surface area contributed by atoms with E-state index in [-0.39, 0.29) is 23.8 Å². The summed E-state index contributed by atoms with van der Waals surface area (Å²) in [5.74, 6) is -2.41. The minimum absolute atomic E-state index is 0.0674. The monoisotopic (exact) mass is 669 g/mol. The molecule has 0 saturated carbocycles. The first-order valence-corrected chi connectivity index (χ1v) is 15.7. The van der Waals surface area contributed by atoms with E-state index >= 15 is 0 Å². The lowest BCUT2D eigenvalue weighted by molar-refractivity contribution is -0.138. The number of carboxylic acid groups (broad SMARTS) is 1. The number of aliphatic hydroxyl groups excluding tert-OH is 3. The lowest BCUT2D eigenvalue weighted by Gasteiger charge is -2.33. The molecule has 0 radical (unpaired) electrons. The predicted molar refractivity (Wildman–Crippen MR) is 180 cm³/mol. The molecule has 0 spiro atoms. The van der Waals surface area contributed by atoms with Crippen LogP contribution in [0.4, 0.5) is 5.69 Å². The van der Waals surface area contributed by atoms with E-state index < -0.39 is 67.1 Å². The van der Waals surface area contributed by atoms with Crippen LogP contribution in [-0.4, -0.2) is 91.3 Å². The van der Waals surface area contributed by atoms with Gasteiger partial charge in [0.05, 0.1) is 30.6 Å². The van der Waals surface area contributed by atoms with Crippen molar-refractivity contribution in [3.63, 3.8) is 0 Å². The summed E-state index contributed by atoms with van der Waals surface area (Å²) in [4.78, 5) is 36.9. The number of aryl methyl sites for hydroxylation is 1. The maximum Gasteiger partial charge on any atom is 0.305 e. The van der Waals surface area contributed by atoms with E-state index in [9.17, 15) is 45.0 Å². The number of aromatic hydroxyl groups is 2. The van der Waals surface area contributed by atoms with Gasteiger partial charge in [-0.15, -0.1) is 0 Å². The molecule has 14 nitrogen and oxygen atoms in total. The minimum atomic E-state index is -1.50. The second kappa shape index (κ2) is 17.1. The summed E-state index contributed by atoms with van der Waals surface area (Å²) in [5.41, 5.74) is 2.02. The Labute approximate surface area is 279 Å². The maximum atomic E-state index is 13.4. The normalized spacial score (nSPS) is 15.9. The first-order chi connectivity index (χ1) is 22.5. The smallest absolute Gasteiger partial charge is 0.305 e. The highest BCUT2D eigenvalue weighted by atomic mass is 16.4. The summed E-state index contributed by atoms with van der Waals surface area (Å²) < 4.78 is 0. The number of phenols is 2. The van der Waals surface area contributed by atoms with Gasteiger partial charge in [0.15, 0.2) is 0 Å². The number of carbonyl (C=O) groups is 3. The van der Waals surface area contributed by atoms with Crippen LogP contribution in [0.1, 0.15) is 45.2 Å². The number of aliphatic carboxylic acids is 1. The number of carboxylic acids is 1. The number of phenolic OH excluding ortho intramolecular Hbond substituents is 2. The molecule has 0 bridgehead atoms. The summed E-state index contributed by atoms with van der Waals surface area (Å²) in [6.45, 7) is 8.14. The van der Waals surface area contributed by atoms with Crippen LogP contribution in [0, 0.1) is 12.8 Å². The molecule has 0 aliphatic rings. The SMILES string of the molecule is CC(=O)NC(Cc1ccc(O)cc1)C(O)NC(C(=O)NC(C)C(O)NC(CC(=O)O)C(O)Nc1ccc2c(C)cc(O)cc2c1)C(C)C. The van der Waals surface area contributed by atoms with Crippen molar-refractivity contribution < 1.29 is 45.0 Å². The van der Waals surface area contributed by atoms with Gasteiger partial charge in [0, 0.05) is 12.6 Å². The molecular formula is C34H47N5O9. The molecule has 0 aromatic heterocycles. The number of benzene rings is 3. The summed E-state index contributed by atoms with van der Waals surface area (Å²) in [5, 5.41) is 77.2. The van der Waals surface area contributed by atoms with E-state index in [2.05, 4.69) is 26.6 Å². The molecule has 48 heavy (non-hydrogen) atoms. The maximum absolute atomic E-state index is 13.4. The second-order valence-corrected chi connectivity index (χ2v) is 12.4. The Balaban J connectivity index is 1.67. The van der Waals surface area contributed by atoms with Crippen molar-refractivity contribution in [1.29, 1.82) is 0 Å². The van der Waals surface area contributed by atoms with Crippen LogP contribution >= 0.6 is 0 Å². The van der Waals surface area contributed by atoms with E-state index in [0.717, 1.165) is 16.5 Å². The third-order valence-electron chi connectivity index (χ3n) is 7.92. The zero-order chi connectivity index (χ0) is 35.7. The number of amides is 2. The van der Waals surface area contributed by atoms with E-state index in [4.69, 9.17) is 0 Å². The van der Waals surface area contributed by atoms with Crippen molar-refractivity contribution in [3.05, 3.63) is 65.7 Å². The predicted octanol–water partition coefficient (Wildman–Crippen LogP) is 1.23. The number of nitrogens with one attached hydrogen (secondary N) is 5. The number of rotatable bonds is 17. The summed E-state index contributed by atoms with van der Waals surface area (Å²) >= 11 is 0. The summed E-state index contributed by atoms with van der Waals surface area (Å²) in [6.07, 6.45) is -4.71. The van der Waals surface area contributed by atoms with Gasteiger partial charge in [-0.3, -0.25) is 25.0 Å². The van der Waals surface area contributed by atoms with E-state index in [1.807, 2.05) is 6.92 Å². The van der Waals surface area contributed by atoms with Crippen molar-refractivity contribution in [2.75, 3.05) is 5.32 Å². The number of hydrogen-bond donors (Lipinski definition) is 11. The molecule has 0 saturated heterocycles. The third kappa shape index (κ3) is 11.1. The third-order valence-corrected chi connectivity index (χ3v) is 7.92. The molecule has 14 heteroatoms. The Bertz CT molecular complexity index is 1550. The van der Waals surface area contributed by atoms with Gasteiger partial charge in [-0.05, 0) is 84.5 Å². The minimum Gasteiger partial charge on any atom is -0.508 e. The molecule has 3 aromatic rings. The highest BCUT2D eigenvalue weighted by molar-refractivity contribution is 5.89. The van der Waals surface area contributed by atoms with Crippen molar-refractivity contribution in [2.45, 2.75) is 90.3 Å². The van der Waals surface area contributed by atoms with Gasteiger partial charge in [-0.25, -0.2) is 0 Å². The van der Waals surface area contributed by atoms with Crippen LogP contribution < -0.4 is 26.6 Å². The fraction of sp³-hybridized carbons (Fsp3) is 0.441. The lowest BCUT2D eigenvalue weighted by atomic mass is 10.00. The number of carbonyl (C=O) groups excluding carboxylic acids is 2. The molecule has 0 aliphatic carbocycles. The standard InChI is InChI=1S/C34H47N5O9/c1-17(2)30(39-33(47)27(36-20(5)40)13-21-6-9-24(41)10-7-21)34(48)35-19(4)31(45)38-28(16-29(43)44)32(46)37-23-8-11-26-18(3)12-25(42)15-22(26)14-23/h6-12,14-15,17,19,27-28,30-33,37-39,41-42,45-47H,13,16H2,1-5H3,(H,35,48)(H,36,40)(H,43,44). The summed E-state index contributed by atoms with van der Waals surface area (Å²) in [6, 6.07) is 10.7. The zero-order valence-electron chi connectivity index (χ0n) is 27.6. The second-order valence-electron chi connectivity index (χ2n) is 12.4. The first kappa shape index (κ1) is 38.0. The Morgan fingerprint density at radius 3 is 2.04 bits per heavy atom. The molecule has 0 aliphatic heterocycles. The van der Waals surface area contributed by atoms with Crippen molar-refractivity contribution in [1.82, 2.24) is 21.3 Å². The lowest BCUT2D eigenvalue weighted by Crippen LogP contribution is -2.61. The average Bonchev–Trinajstić information content (AvgIpc) is 2.99. The molecule has 262 valence electrons. The molecule has 7 unspecified atom stereocenters. The van der Waals surface area contributed by atoms with Crippen LogP contribution in [0.5, 0.6) is 11.5 Å². The Kier molecular flexibility index (Phi) is 13.5. The van der Waals surface area contributed by atoms with Gasteiger partial charge in [0.1, 0.15) is 30.2 Å². The molecular weight excluding hydrogens is 622 g/mol. The Morgan fingerprint density at radius 2 is 1.44 bits per heavy atom. The van der Waals surface area contributed by atoms with E-state index in [1.165, 1.54) is 26.0 Å². The van der Waals surface area contributed by atoms with Crippen LogP contribution in [0.2, 0.25) is 0 Å². The fourth-order valence-electron chi connectivity index (χ4n) is 5.37. The quantitative estimate of drug-likeness (QED) is 0.0912. The summed E-state index contributed by atoms with van der Waals surface area (Å²) in [7, 11) is 0. The topological polar surface area (TPSA) is 233 Å². The zero-order valence-corrected chi connectivity index (χ0v) is 27.6.